The number of alkyl halides is 1. The molecule has 1 aromatic heterocycles. The molecule has 0 spiro atoms. The number of hydrogen-bond donors (Lipinski definition) is 0. The van der Waals surface area contributed by atoms with Gasteiger partial charge in [-0.25, -0.2) is 0 Å². The molecule has 100 valence electrons. The molecule has 0 bridgehead atoms. The minimum atomic E-state index is 0.0429. The first-order valence-electron chi connectivity index (χ1n) is 5.86. The Morgan fingerprint density at radius 1 is 1.44 bits per heavy atom. The molecule has 1 heterocycles. The van der Waals surface area contributed by atoms with Gasteiger partial charge in [-0.3, -0.25) is 4.79 Å². The molecule has 18 heavy (non-hydrogen) atoms. The predicted molar refractivity (Wildman–Crippen MR) is 83.7 cm³/mol. The van der Waals surface area contributed by atoms with Crippen LogP contribution in [0.2, 0.25) is 0 Å². The van der Waals surface area contributed by atoms with E-state index in [1.165, 1.54) is 17.8 Å². The van der Waals surface area contributed by atoms with Crippen LogP contribution in [0.3, 0.4) is 0 Å². The van der Waals surface area contributed by atoms with E-state index in [2.05, 4.69) is 31.9 Å². The molecule has 2 nitrogen and oxygen atoms in total. The Labute approximate surface area is 133 Å². The maximum atomic E-state index is 12.4. The molecular weight excluding hydrogens is 401 g/mol. The SMILES string of the molecule is CN(C(=O)c1cc(Br)sc1Br)C1CCCCC1Cl. The van der Waals surface area contributed by atoms with Gasteiger partial charge < -0.3 is 4.90 Å². The lowest BCUT2D eigenvalue weighted by Gasteiger charge is -2.34. The predicted octanol–water partition coefficient (Wildman–Crippen LogP) is 4.90. The van der Waals surface area contributed by atoms with Gasteiger partial charge in [-0.1, -0.05) is 12.8 Å². The van der Waals surface area contributed by atoms with Crippen molar-refractivity contribution >= 4 is 60.7 Å². The van der Waals surface area contributed by atoms with Crippen molar-refractivity contribution in [3.05, 3.63) is 19.2 Å². The second-order valence-corrected chi connectivity index (χ2v) is 8.83. The molecule has 2 unspecified atom stereocenters. The molecule has 2 rings (SSSR count). The largest absolute Gasteiger partial charge is 0.337 e. The van der Waals surface area contributed by atoms with Crippen molar-refractivity contribution in [1.29, 1.82) is 0 Å². The van der Waals surface area contributed by atoms with Gasteiger partial charge in [-0.2, -0.15) is 0 Å². The zero-order valence-corrected chi connectivity index (χ0v) is 14.7. The van der Waals surface area contributed by atoms with Crippen LogP contribution >= 0.6 is 54.8 Å². The molecule has 0 N–H and O–H groups in total. The average Bonchev–Trinajstić information content (AvgIpc) is 2.67. The molecule has 0 radical (unpaired) electrons. The summed E-state index contributed by atoms with van der Waals surface area (Å²) in [6.07, 6.45) is 4.32. The van der Waals surface area contributed by atoms with Crippen LogP contribution in [0, 0.1) is 0 Å². The summed E-state index contributed by atoms with van der Waals surface area (Å²) in [6, 6.07) is 2.01. The van der Waals surface area contributed by atoms with Crippen LogP contribution in [0.4, 0.5) is 0 Å². The fraction of sp³-hybridized carbons (Fsp3) is 0.583. The van der Waals surface area contributed by atoms with Crippen molar-refractivity contribution in [2.45, 2.75) is 37.1 Å². The van der Waals surface area contributed by atoms with Gasteiger partial charge in [0.25, 0.3) is 5.91 Å². The zero-order chi connectivity index (χ0) is 13.3. The van der Waals surface area contributed by atoms with Crippen molar-refractivity contribution in [3.63, 3.8) is 0 Å². The van der Waals surface area contributed by atoms with Gasteiger partial charge in [0.05, 0.1) is 18.5 Å². The van der Waals surface area contributed by atoms with E-state index in [1.807, 2.05) is 13.1 Å². The minimum absolute atomic E-state index is 0.0429. The number of carbonyl (C=O) groups excluding carboxylic acids is 1. The summed E-state index contributed by atoms with van der Waals surface area (Å²) in [6.45, 7) is 0. The average molecular weight is 416 g/mol. The van der Waals surface area contributed by atoms with Gasteiger partial charge in [0.2, 0.25) is 0 Å². The fourth-order valence-corrected chi connectivity index (χ4v) is 5.56. The lowest BCUT2D eigenvalue weighted by Crippen LogP contribution is -2.44. The monoisotopic (exact) mass is 413 g/mol. The Hall–Kier alpha value is 0.420. The van der Waals surface area contributed by atoms with E-state index in [0.717, 1.165) is 26.8 Å². The Bertz CT molecular complexity index is 451. The Morgan fingerprint density at radius 3 is 2.67 bits per heavy atom. The van der Waals surface area contributed by atoms with Gasteiger partial charge >= 0.3 is 0 Å². The summed E-state index contributed by atoms with van der Waals surface area (Å²) >= 11 is 14.7. The highest BCUT2D eigenvalue weighted by Crippen LogP contribution is 2.34. The normalized spacial score (nSPS) is 24.0. The number of rotatable bonds is 2. The standard InChI is InChI=1S/C12H14Br2ClNOS/c1-16(9-5-3-2-4-8(9)15)12(17)7-6-10(13)18-11(7)14/h6,8-9H,2-5H2,1H3. The molecule has 1 fully saturated rings. The van der Waals surface area contributed by atoms with Crippen LogP contribution < -0.4 is 0 Å². The molecule has 6 heteroatoms. The zero-order valence-electron chi connectivity index (χ0n) is 9.96. The molecule has 1 saturated carbocycles. The topological polar surface area (TPSA) is 20.3 Å². The summed E-state index contributed by atoms with van der Waals surface area (Å²) in [5.41, 5.74) is 0.712. The van der Waals surface area contributed by atoms with E-state index in [-0.39, 0.29) is 17.3 Å². The van der Waals surface area contributed by atoms with Crippen LogP contribution in [0.15, 0.2) is 13.6 Å². The van der Waals surface area contributed by atoms with Crippen LogP contribution in [-0.4, -0.2) is 29.3 Å². The molecule has 2 atom stereocenters. The quantitative estimate of drug-likeness (QED) is 0.630. The molecule has 1 aliphatic carbocycles. The van der Waals surface area contributed by atoms with Crippen molar-refractivity contribution in [2.75, 3.05) is 7.05 Å². The third-order valence-corrected chi connectivity index (χ3v) is 6.20. The Kier molecular flexibility index (Phi) is 5.14. The number of thiophene rings is 1. The maximum Gasteiger partial charge on any atom is 0.255 e. The second kappa shape index (κ2) is 6.25. The van der Waals surface area contributed by atoms with Gasteiger partial charge in [0.1, 0.15) is 0 Å². The molecule has 1 amide bonds. The summed E-state index contributed by atoms with van der Waals surface area (Å²) in [4.78, 5) is 14.2. The van der Waals surface area contributed by atoms with Gasteiger partial charge in [-0.15, -0.1) is 22.9 Å². The maximum absolute atomic E-state index is 12.4. The first kappa shape index (κ1) is 14.8. The van der Waals surface area contributed by atoms with E-state index in [9.17, 15) is 4.79 Å². The first-order chi connectivity index (χ1) is 8.50. The third-order valence-electron chi connectivity index (χ3n) is 3.35. The van der Waals surface area contributed by atoms with E-state index >= 15 is 0 Å². The molecular formula is C12H14Br2ClNOS. The van der Waals surface area contributed by atoms with Crippen molar-refractivity contribution in [2.24, 2.45) is 0 Å². The Morgan fingerprint density at radius 2 is 2.11 bits per heavy atom. The number of amides is 1. The van der Waals surface area contributed by atoms with E-state index in [1.54, 1.807) is 4.90 Å². The number of hydrogen-bond acceptors (Lipinski definition) is 2. The summed E-state index contributed by atoms with van der Waals surface area (Å²) in [5.74, 6) is 0.0429. The smallest absolute Gasteiger partial charge is 0.255 e. The first-order valence-corrected chi connectivity index (χ1v) is 8.70. The number of carbonyl (C=O) groups is 1. The van der Waals surface area contributed by atoms with Crippen molar-refractivity contribution in [3.8, 4) is 0 Å². The molecule has 1 aromatic rings. The number of nitrogens with zero attached hydrogens (tertiary/aromatic N) is 1. The highest BCUT2D eigenvalue weighted by molar-refractivity contribution is 9.12. The van der Waals surface area contributed by atoms with Gasteiger partial charge in [0, 0.05) is 13.1 Å². The minimum Gasteiger partial charge on any atom is -0.337 e. The molecule has 0 aliphatic heterocycles. The third kappa shape index (κ3) is 3.11. The number of halogens is 3. The Balaban J connectivity index is 2.15. The van der Waals surface area contributed by atoms with Crippen molar-refractivity contribution in [1.82, 2.24) is 4.90 Å². The van der Waals surface area contributed by atoms with Gasteiger partial charge in [0.15, 0.2) is 0 Å². The summed E-state index contributed by atoms with van der Waals surface area (Å²) in [5, 5.41) is 0.0774. The van der Waals surface area contributed by atoms with Crippen LogP contribution in [0.5, 0.6) is 0 Å². The van der Waals surface area contributed by atoms with E-state index < -0.39 is 0 Å². The highest BCUT2D eigenvalue weighted by atomic mass is 79.9. The lowest BCUT2D eigenvalue weighted by molar-refractivity contribution is 0.0700. The van der Waals surface area contributed by atoms with Crippen LogP contribution in [0.25, 0.3) is 0 Å². The molecule has 0 aromatic carbocycles. The molecule has 0 saturated heterocycles. The van der Waals surface area contributed by atoms with Gasteiger partial charge in [-0.05, 0) is 50.8 Å². The van der Waals surface area contributed by atoms with Crippen molar-refractivity contribution < 1.29 is 4.79 Å². The molecule has 1 aliphatic rings. The fourth-order valence-electron chi connectivity index (χ4n) is 2.33. The van der Waals surface area contributed by atoms with Crippen LogP contribution in [-0.2, 0) is 0 Å². The van der Waals surface area contributed by atoms with Crippen LogP contribution in [0.1, 0.15) is 36.0 Å². The van der Waals surface area contributed by atoms with E-state index in [4.69, 9.17) is 11.6 Å². The summed E-state index contributed by atoms with van der Waals surface area (Å²) < 4.78 is 1.82. The van der Waals surface area contributed by atoms with E-state index in [0.29, 0.717) is 5.56 Å². The summed E-state index contributed by atoms with van der Waals surface area (Å²) in [7, 11) is 1.85. The lowest BCUT2D eigenvalue weighted by atomic mass is 9.93. The highest BCUT2D eigenvalue weighted by Gasteiger charge is 2.30. The second-order valence-electron chi connectivity index (χ2n) is 4.52.